The second-order valence-electron chi connectivity index (χ2n) is 10.1. The molecule has 0 saturated carbocycles. The van der Waals surface area contributed by atoms with Gasteiger partial charge in [-0.3, -0.25) is 4.79 Å². The van der Waals surface area contributed by atoms with Gasteiger partial charge in [-0.25, -0.2) is 9.59 Å². The number of anilines is 2. The van der Waals surface area contributed by atoms with Crippen LogP contribution in [0, 0.1) is 6.92 Å². The zero-order valence-corrected chi connectivity index (χ0v) is 24.4. The first-order valence-corrected chi connectivity index (χ1v) is 14.3. The maximum absolute atomic E-state index is 12.6. The predicted molar refractivity (Wildman–Crippen MR) is 167 cm³/mol. The molecular weight excluding hydrogens is 544 g/mol. The minimum absolute atomic E-state index is 0.0618. The number of carbonyl (C=O) groups is 3. The maximum Gasteiger partial charge on any atom is 0.343 e. The summed E-state index contributed by atoms with van der Waals surface area (Å²) < 4.78 is 11.5. The Morgan fingerprint density at radius 1 is 0.860 bits per heavy atom. The lowest BCUT2D eigenvalue weighted by atomic mass is 10.1. The van der Waals surface area contributed by atoms with Gasteiger partial charge < -0.3 is 24.8 Å². The van der Waals surface area contributed by atoms with E-state index in [-0.39, 0.29) is 18.1 Å². The summed E-state index contributed by atoms with van der Waals surface area (Å²) in [5.41, 5.74) is 3.61. The SMILES string of the molecule is CCC(=O)N(CCCOc1ccc(CC(Nc2ccccc2OC(=O)c2ccccc2)C(=O)O)cc1)c1ccc(C)cc1. The fourth-order valence-corrected chi connectivity index (χ4v) is 4.48. The molecule has 0 aliphatic carbocycles. The number of nitrogens with one attached hydrogen (secondary N) is 1. The van der Waals surface area contributed by atoms with Crippen molar-refractivity contribution < 1.29 is 29.0 Å². The van der Waals surface area contributed by atoms with E-state index in [1.807, 2.05) is 50.2 Å². The van der Waals surface area contributed by atoms with E-state index in [0.29, 0.717) is 43.0 Å². The molecule has 0 aliphatic heterocycles. The molecule has 8 heteroatoms. The van der Waals surface area contributed by atoms with Gasteiger partial charge in [-0.05, 0) is 67.4 Å². The third-order valence-electron chi connectivity index (χ3n) is 6.83. The molecular formula is C35H36N2O6. The maximum atomic E-state index is 12.6. The van der Waals surface area contributed by atoms with E-state index in [2.05, 4.69) is 5.32 Å². The summed E-state index contributed by atoms with van der Waals surface area (Å²) in [6, 6.07) is 29.5. The number of nitrogens with zero attached hydrogens (tertiary/aromatic N) is 1. The summed E-state index contributed by atoms with van der Waals surface area (Å²) in [5, 5.41) is 12.9. The molecule has 43 heavy (non-hydrogen) atoms. The molecule has 1 amide bonds. The van der Waals surface area contributed by atoms with Gasteiger partial charge in [-0.15, -0.1) is 0 Å². The average Bonchev–Trinajstić information content (AvgIpc) is 3.03. The van der Waals surface area contributed by atoms with E-state index in [4.69, 9.17) is 9.47 Å². The van der Waals surface area contributed by atoms with Crippen LogP contribution in [0.2, 0.25) is 0 Å². The van der Waals surface area contributed by atoms with Gasteiger partial charge in [0.2, 0.25) is 5.91 Å². The quantitative estimate of drug-likeness (QED) is 0.0992. The number of esters is 1. The molecule has 4 rings (SSSR count). The topological polar surface area (TPSA) is 105 Å². The third kappa shape index (κ3) is 8.94. The summed E-state index contributed by atoms with van der Waals surface area (Å²) in [6.07, 6.45) is 1.27. The molecule has 0 aromatic heterocycles. The number of amides is 1. The summed E-state index contributed by atoms with van der Waals surface area (Å²) in [4.78, 5) is 39.0. The van der Waals surface area contributed by atoms with Gasteiger partial charge in [-0.1, -0.05) is 67.1 Å². The lowest BCUT2D eigenvalue weighted by Crippen LogP contribution is -2.32. The molecule has 4 aromatic carbocycles. The zero-order chi connectivity index (χ0) is 30.6. The molecule has 222 valence electrons. The normalized spacial score (nSPS) is 11.3. The number of hydrogen-bond donors (Lipinski definition) is 2. The molecule has 0 radical (unpaired) electrons. The van der Waals surface area contributed by atoms with Crippen LogP contribution in [-0.2, 0) is 16.0 Å². The number of hydrogen-bond acceptors (Lipinski definition) is 6. The molecule has 0 spiro atoms. The first kappa shape index (κ1) is 30.8. The van der Waals surface area contributed by atoms with Gasteiger partial charge in [-0.2, -0.15) is 0 Å². The molecule has 0 saturated heterocycles. The molecule has 4 aromatic rings. The summed E-state index contributed by atoms with van der Waals surface area (Å²) in [7, 11) is 0. The summed E-state index contributed by atoms with van der Waals surface area (Å²) in [6.45, 7) is 4.84. The van der Waals surface area contributed by atoms with Gasteiger partial charge in [0, 0.05) is 25.1 Å². The fraction of sp³-hybridized carbons (Fsp3) is 0.229. The Balaban J connectivity index is 1.32. The number of aliphatic carboxylic acids is 1. The van der Waals surface area contributed by atoms with Crippen LogP contribution in [0.5, 0.6) is 11.5 Å². The van der Waals surface area contributed by atoms with E-state index in [9.17, 15) is 19.5 Å². The van der Waals surface area contributed by atoms with E-state index < -0.39 is 18.0 Å². The molecule has 1 atom stereocenters. The fourth-order valence-electron chi connectivity index (χ4n) is 4.48. The molecule has 0 aliphatic rings. The number of aryl methyl sites for hydroxylation is 1. The number of carbonyl (C=O) groups excluding carboxylic acids is 2. The van der Waals surface area contributed by atoms with Crippen LogP contribution in [0.3, 0.4) is 0 Å². The van der Waals surface area contributed by atoms with Crippen LogP contribution >= 0.6 is 0 Å². The minimum Gasteiger partial charge on any atom is -0.494 e. The first-order valence-electron chi connectivity index (χ1n) is 14.3. The highest BCUT2D eigenvalue weighted by molar-refractivity contribution is 5.93. The van der Waals surface area contributed by atoms with Crippen molar-refractivity contribution in [2.75, 3.05) is 23.4 Å². The van der Waals surface area contributed by atoms with Gasteiger partial charge in [0.1, 0.15) is 11.8 Å². The van der Waals surface area contributed by atoms with Crippen molar-refractivity contribution in [2.24, 2.45) is 0 Å². The van der Waals surface area contributed by atoms with Crippen LogP contribution < -0.4 is 19.7 Å². The van der Waals surface area contributed by atoms with E-state index >= 15 is 0 Å². The second kappa shape index (κ2) is 15.2. The monoisotopic (exact) mass is 580 g/mol. The highest BCUT2D eigenvalue weighted by atomic mass is 16.5. The standard InChI is InChI=1S/C35H36N2O6/c1-3-33(38)37(28-18-14-25(2)15-19-28)22-9-23-42-29-20-16-26(17-21-29)24-31(34(39)40)36-30-12-7-8-13-32(30)43-35(41)27-10-5-4-6-11-27/h4-8,10-21,31,36H,3,9,22-24H2,1-2H3,(H,39,40). The average molecular weight is 581 g/mol. The highest BCUT2D eigenvalue weighted by Gasteiger charge is 2.21. The van der Waals surface area contributed by atoms with Gasteiger partial charge in [0.25, 0.3) is 0 Å². The zero-order valence-electron chi connectivity index (χ0n) is 24.4. The predicted octanol–water partition coefficient (Wildman–Crippen LogP) is 6.53. The van der Waals surface area contributed by atoms with Crippen molar-refractivity contribution in [3.8, 4) is 11.5 Å². The van der Waals surface area contributed by atoms with Gasteiger partial charge >= 0.3 is 11.9 Å². The van der Waals surface area contributed by atoms with Crippen molar-refractivity contribution in [1.29, 1.82) is 0 Å². The van der Waals surface area contributed by atoms with Crippen molar-refractivity contribution in [3.63, 3.8) is 0 Å². The molecule has 1 unspecified atom stereocenters. The van der Waals surface area contributed by atoms with Crippen molar-refractivity contribution in [3.05, 3.63) is 120 Å². The van der Waals surface area contributed by atoms with Crippen LogP contribution in [0.25, 0.3) is 0 Å². The second-order valence-corrected chi connectivity index (χ2v) is 10.1. The van der Waals surface area contributed by atoms with Crippen LogP contribution in [0.1, 0.15) is 41.3 Å². The Labute approximate surface area is 251 Å². The summed E-state index contributed by atoms with van der Waals surface area (Å²) in [5.74, 6) is -0.605. The minimum atomic E-state index is -1.04. The lowest BCUT2D eigenvalue weighted by Gasteiger charge is -2.22. The number of carboxylic acids is 1. The van der Waals surface area contributed by atoms with E-state index in [1.165, 1.54) is 0 Å². The van der Waals surface area contributed by atoms with Crippen molar-refractivity contribution in [1.82, 2.24) is 0 Å². The van der Waals surface area contributed by atoms with Gasteiger partial charge in [0.05, 0.1) is 17.9 Å². The Kier molecular flexibility index (Phi) is 10.9. The lowest BCUT2D eigenvalue weighted by molar-refractivity contribution is -0.137. The number of carboxylic acid groups (broad SMARTS) is 1. The molecule has 0 heterocycles. The van der Waals surface area contributed by atoms with E-state index in [1.54, 1.807) is 71.6 Å². The Morgan fingerprint density at radius 3 is 2.21 bits per heavy atom. The molecule has 2 N–H and O–H groups in total. The highest BCUT2D eigenvalue weighted by Crippen LogP contribution is 2.26. The molecule has 8 nitrogen and oxygen atoms in total. The summed E-state index contributed by atoms with van der Waals surface area (Å²) >= 11 is 0. The third-order valence-corrected chi connectivity index (χ3v) is 6.83. The van der Waals surface area contributed by atoms with Gasteiger partial charge in [0.15, 0.2) is 5.75 Å². The first-order chi connectivity index (χ1) is 20.8. The van der Waals surface area contributed by atoms with Crippen LogP contribution in [-0.4, -0.2) is 42.1 Å². The number of para-hydroxylation sites is 2. The van der Waals surface area contributed by atoms with E-state index in [0.717, 1.165) is 16.8 Å². The largest absolute Gasteiger partial charge is 0.494 e. The number of benzene rings is 4. The molecule has 0 fully saturated rings. The van der Waals surface area contributed by atoms with Crippen molar-refractivity contribution in [2.45, 2.75) is 39.2 Å². The molecule has 0 bridgehead atoms. The van der Waals surface area contributed by atoms with Crippen LogP contribution in [0.4, 0.5) is 11.4 Å². The van der Waals surface area contributed by atoms with Crippen molar-refractivity contribution >= 4 is 29.2 Å². The Morgan fingerprint density at radius 2 is 1.53 bits per heavy atom. The Hall–Kier alpha value is -5.11. The number of rotatable bonds is 14. The number of ether oxygens (including phenoxy) is 2. The van der Waals surface area contributed by atoms with Crippen LogP contribution in [0.15, 0.2) is 103 Å². The Bertz CT molecular complexity index is 1500. The smallest absolute Gasteiger partial charge is 0.343 e.